The smallest absolute Gasteiger partial charge is 0.330 e. The van der Waals surface area contributed by atoms with Crippen LogP contribution in [0.1, 0.15) is 35.8 Å². The third-order valence-electron chi connectivity index (χ3n) is 3.17. The molecule has 23 heavy (non-hydrogen) atoms. The molecule has 7 heteroatoms. The van der Waals surface area contributed by atoms with Crippen LogP contribution in [0, 0.1) is 5.82 Å². The molecular formula is C16H14F4N2O. The van der Waals surface area contributed by atoms with Gasteiger partial charge in [0.1, 0.15) is 11.3 Å². The Bertz CT molecular complexity index is 791. The summed E-state index contributed by atoms with van der Waals surface area (Å²) in [5.41, 5.74) is -1.95. The summed E-state index contributed by atoms with van der Waals surface area (Å²) in [6.07, 6.45) is -3.19. The lowest BCUT2D eigenvalue weighted by molar-refractivity contribution is -0.140. The lowest BCUT2D eigenvalue weighted by Gasteiger charge is -2.11. The molecule has 2 rings (SSSR count). The summed E-state index contributed by atoms with van der Waals surface area (Å²) in [5, 5.41) is 0. The van der Waals surface area contributed by atoms with Gasteiger partial charge in [-0.15, -0.1) is 0 Å². The lowest BCUT2D eigenvalue weighted by Crippen LogP contribution is -2.23. The maximum atomic E-state index is 14.0. The number of alkyl halides is 3. The van der Waals surface area contributed by atoms with Crippen LogP contribution >= 0.6 is 0 Å². The van der Waals surface area contributed by atoms with Gasteiger partial charge in [-0.05, 0) is 38.1 Å². The molecule has 0 unspecified atom stereocenters. The van der Waals surface area contributed by atoms with Crippen LogP contribution in [0.4, 0.5) is 17.6 Å². The van der Waals surface area contributed by atoms with Gasteiger partial charge in [0.25, 0.3) is 5.91 Å². The van der Waals surface area contributed by atoms with Gasteiger partial charge in [-0.3, -0.25) is 4.79 Å². The van der Waals surface area contributed by atoms with E-state index in [2.05, 4.69) is 4.99 Å². The predicted octanol–water partition coefficient (Wildman–Crippen LogP) is 3.97. The van der Waals surface area contributed by atoms with Gasteiger partial charge in [0.2, 0.25) is 0 Å². The Balaban J connectivity index is 2.54. The number of hydrogen-bond donors (Lipinski definition) is 0. The van der Waals surface area contributed by atoms with E-state index in [-0.39, 0.29) is 11.5 Å². The Kier molecular flexibility index (Phi) is 4.68. The first-order chi connectivity index (χ1) is 10.7. The summed E-state index contributed by atoms with van der Waals surface area (Å²) in [6.45, 7) is 3.71. The number of carbonyl (C=O) groups is 1. The maximum Gasteiger partial charge on any atom is 0.419 e. The first-order valence-electron chi connectivity index (χ1n) is 6.83. The van der Waals surface area contributed by atoms with E-state index in [1.165, 1.54) is 6.07 Å². The number of aromatic nitrogens is 1. The normalized spacial score (nSPS) is 12.7. The molecule has 0 bridgehead atoms. The number of benzene rings is 1. The van der Waals surface area contributed by atoms with Gasteiger partial charge in [0.05, 0.1) is 11.1 Å². The van der Waals surface area contributed by atoms with Crippen molar-refractivity contribution < 1.29 is 22.4 Å². The van der Waals surface area contributed by atoms with E-state index in [1.807, 2.05) is 13.8 Å². The van der Waals surface area contributed by atoms with Crippen molar-refractivity contribution in [1.29, 1.82) is 0 Å². The highest BCUT2D eigenvalue weighted by Gasteiger charge is 2.35. The quantitative estimate of drug-likeness (QED) is 0.769. The molecule has 0 N–H and O–H groups in total. The summed E-state index contributed by atoms with van der Waals surface area (Å²) >= 11 is 0. The first kappa shape index (κ1) is 16.9. The highest BCUT2D eigenvalue weighted by molar-refractivity contribution is 5.95. The summed E-state index contributed by atoms with van der Waals surface area (Å²) in [6, 6.07) is 7.43. The van der Waals surface area contributed by atoms with Gasteiger partial charge in [-0.1, -0.05) is 12.1 Å². The maximum absolute atomic E-state index is 14.0. The van der Waals surface area contributed by atoms with Crippen molar-refractivity contribution in [2.75, 3.05) is 0 Å². The standard InChI is InChI=1S/C16H14F4N2O/c1-10(2)22-9-4-3-8-13(22)21-15(23)11-6-5-7-12(14(11)17)16(18,19)20/h3-10H,1-2H3. The topological polar surface area (TPSA) is 34.4 Å². The summed E-state index contributed by atoms with van der Waals surface area (Å²) in [4.78, 5) is 15.9. The van der Waals surface area contributed by atoms with Crippen LogP contribution in [0.5, 0.6) is 0 Å². The molecule has 0 radical (unpaired) electrons. The van der Waals surface area contributed by atoms with E-state index < -0.39 is 29.0 Å². The van der Waals surface area contributed by atoms with Crippen LogP contribution < -0.4 is 5.49 Å². The number of halogens is 4. The van der Waals surface area contributed by atoms with Crippen molar-refractivity contribution in [2.24, 2.45) is 4.99 Å². The molecule has 0 aliphatic rings. The number of rotatable bonds is 2. The molecule has 0 saturated heterocycles. The Labute approximate surface area is 129 Å². The van der Waals surface area contributed by atoms with Crippen LogP contribution in [-0.2, 0) is 6.18 Å². The predicted molar refractivity (Wildman–Crippen MR) is 76.1 cm³/mol. The van der Waals surface area contributed by atoms with Gasteiger partial charge in [0.15, 0.2) is 0 Å². The van der Waals surface area contributed by atoms with E-state index >= 15 is 0 Å². The minimum absolute atomic E-state index is 0.0193. The van der Waals surface area contributed by atoms with Crippen LogP contribution in [0.15, 0.2) is 47.6 Å². The Hall–Kier alpha value is -2.44. The SMILES string of the molecule is CC(C)n1ccccc1=NC(=O)c1cccc(C(F)(F)F)c1F. The van der Waals surface area contributed by atoms with E-state index in [9.17, 15) is 22.4 Å². The van der Waals surface area contributed by atoms with Crippen LogP contribution in [0.3, 0.4) is 0 Å². The lowest BCUT2D eigenvalue weighted by atomic mass is 10.1. The molecule has 0 aliphatic carbocycles. The number of amides is 1. The molecule has 1 heterocycles. The molecule has 0 saturated carbocycles. The van der Waals surface area contributed by atoms with Crippen LogP contribution in [-0.4, -0.2) is 10.5 Å². The molecule has 1 amide bonds. The van der Waals surface area contributed by atoms with Crippen LogP contribution in [0.2, 0.25) is 0 Å². The fourth-order valence-corrected chi connectivity index (χ4v) is 2.06. The van der Waals surface area contributed by atoms with Crippen molar-refractivity contribution in [3.8, 4) is 0 Å². The zero-order chi connectivity index (χ0) is 17.2. The van der Waals surface area contributed by atoms with Crippen molar-refractivity contribution in [3.63, 3.8) is 0 Å². The summed E-state index contributed by atoms with van der Waals surface area (Å²) < 4.78 is 53.7. The molecule has 0 aliphatic heterocycles. The number of hydrogen-bond acceptors (Lipinski definition) is 1. The van der Waals surface area contributed by atoms with E-state index in [4.69, 9.17) is 0 Å². The monoisotopic (exact) mass is 326 g/mol. The number of pyridine rings is 1. The third-order valence-corrected chi connectivity index (χ3v) is 3.17. The number of nitrogens with zero attached hydrogens (tertiary/aromatic N) is 2. The van der Waals surface area contributed by atoms with Gasteiger partial charge in [0, 0.05) is 12.2 Å². The number of carbonyl (C=O) groups excluding carboxylic acids is 1. The Morgan fingerprint density at radius 1 is 1.13 bits per heavy atom. The van der Waals surface area contributed by atoms with Crippen molar-refractivity contribution in [1.82, 2.24) is 4.57 Å². The third kappa shape index (κ3) is 3.67. The second kappa shape index (κ2) is 6.36. The largest absolute Gasteiger partial charge is 0.419 e. The minimum Gasteiger partial charge on any atom is -0.330 e. The molecule has 0 spiro atoms. The molecule has 2 aromatic rings. The first-order valence-corrected chi connectivity index (χ1v) is 6.83. The zero-order valence-corrected chi connectivity index (χ0v) is 12.4. The Morgan fingerprint density at radius 2 is 1.83 bits per heavy atom. The fraction of sp³-hybridized carbons (Fsp3) is 0.250. The van der Waals surface area contributed by atoms with E-state index in [0.717, 1.165) is 12.1 Å². The van der Waals surface area contributed by atoms with Crippen LogP contribution in [0.25, 0.3) is 0 Å². The summed E-state index contributed by atoms with van der Waals surface area (Å²) in [7, 11) is 0. The van der Waals surface area contributed by atoms with Gasteiger partial charge < -0.3 is 4.57 Å². The second-order valence-electron chi connectivity index (χ2n) is 5.14. The molecule has 1 aromatic carbocycles. The van der Waals surface area contributed by atoms with E-state index in [0.29, 0.717) is 6.07 Å². The molecule has 3 nitrogen and oxygen atoms in total. The highest BCUT2D eigenvalue weighted by atomic mass is 19.4. The van der Waals surface area contributed by atoms with Gasteiger partial charge >= 0.3 is 6.18 Å². The molecule has 1 aromatic heterocycles. The average molecular weight is 326 g/mol. The summed E-state index contributed by atoms with van der Waals surface area (Å²) in [5.74, 6) is -2.67. The van der Waals surface area contributed by atoms with Crippen molar-refractivity contribution in [2.45, 2.75) is 26.1 Å². The minimum atomic E-state index is -4.87. The molecular weight excluding hydrogens is 312 g/mol. The molecule has 122 valence electrons. The Morgan fingerprint density at radius 3 is 2.43 bits per heavy atom. The van der Waals surface area contributed by atoms with E-state index in [1.54, 1.807) is 22.9 Å². The fourth-order valence-electron chi connectivity index (χ4n) is 2.06. The van der Waals surface area contributed by atoms with Gasteiger partial charge in [-0.2, -0.15) is 18.2 Å². The average Bonchev–Trinajstić information content (AvgIpc) is 2.46. The highest BCUT2D eigenvalue weighted by Crippen LogP contribution is 2.32. The van der Waals surface area contributed by atoms with Gasteiger partial charge in [-0.25, -0.2) is 4.39 Å². The van der Waals surface area contributed by atoms with Crippen molar-refractivity contribution in [3.05, 3.63) is 65.0 Å². The van der Waals surface area contributed by atoms with Crippen molar-refractivity contribution >= 4 is 5.91 Å². The second-order valence-corrected chi connectivity index (χ2v) is 5.14. The molecule has 0 atom stereocenters. The molecule has 0 fully saturated rings. The zero-order valence-electron chi connectivity index (χ0n) is 12.4.